The van der Waals surface area contributed by atoms with Crippen LogP contribution in [0.15, 0.2) is 42.5 Å². The minimum absolute atomic E-state index is 0.0907. The zero-order valence-corrected chi connectivity index (χ0v) is 24.6. The van der Waals surface area contributed by atoms with Gasteiger partial charge in [0.15, 0.2) is 0 Å². The highest BCUT2D eigenvalue weighted by atomic mass is 35.5. The molecule has 224 valence electrons. The summed E-state index contributed by atoms with van der Waals surface area (Å²) in [6.45, 7) is 1.17. The fourth-order valence-electron chi connectivity index (χ4n) is 6.86. The number of carbonyl (C=O) groups excluding carboxylic acids is 1. The Morgan fingerprint density at radius 3 is 2.46 bits per heavy atom. The number of hydrogen-bond donors (Lipinski definition) is 3. The number of piperazine rings is 1. The lowest BCUT2D eigenvalue weighted by atomic mass is 9.80. The van der Waals surface area contributed by atoms with Crippen LogP contribution >= 0.6 is 11.6 Å². The lowest BCUT2D eigenvalue weighted by Crippen LogP contribution is -2.57. The Balaban J connectivity index is 1.29. The number of sulfonamides is 1. The van der Waals surface area contributed by atoms with Gasteiger partial charge in [-0.15, -0.1) is 0 Å². The third-order valence-corrected chi connectivity index (χ3v) is 11.2. The molecule has 11 heteroatoms. The van der Waals surface area contributed by atoms with Crippen LogP contribution in [0.5, 0.6) is 0 Å². The van der Waals surface area contributed by atoms with Gasteiger partial charge in [0.2, 0.25) is 15.9 Å². The predicted octanol–water partition coefficient (Wildman–Crippen LogP) is 4.30. The van der Waals surface area contributed by atoms with Crippen molar-refractivity contribution in [3.05, 3.63) is 70.2 Å². The summed E-state index contributed by atoms with van der Waals surface area (Å²) in [5, 5.41) is 7.18. The second kappa shape index (κ2) is 13.0. The first-order valence-electron chi connectivity index (χ1n) is 14.6. The molecule has 2 bridgehead atoms. The van der Waals surface area contributed by atoms with E-state index in [0.29, 0.717) is 30.1 Å². The van der Waals surface area contributed by atoms with Crippen LogP contribution in [0.3, 0.4) is 0 Å². The molecule has 0 radical (unpaired) electrons. The summed E-state index contributed by atoms with van der Waals surface area (Å²) in [4.78, 5) is 13.6. The number of hydrogen-bond acceptors (Lipinski definition) is 5. The van der Waals surface area contributed by atoms with Crippen molar-refractivity contribution in [3.63, 3.8) is 0 Å². The van der Waals surface area contributed by atoms with E-state index in [0.717, 1.165) is 51.0 Å². The standard InChI is InChI=1S/C30H39ClF2N4O3S/c31-22-10-7-20(8-11-22)28(21-14-23(32)16-24(33)15-21)29(34)30(38)36-27-6-2-1-4-19(27)9-12-26-17-35-25-5-3-13-41(39,40)37(26)18-25/h7-8,10-11,14-16,19,25-29,35H,1-6,9,12-13,17-18,34H2,(H,36,38)/t19-,25-,26+,27+,28?,29?/m1/s1. The van der Waals surface area contributed by atoms with E-state index in [9.17, 15) is 22.0 Å². The highest BCUT2D eigenvalue weighted by molar-refractivity contribution is 7.89. The van der Waals surface area contributed by atoms with Gasteiger partial charge in [0, 0.05) is 48.2 Å². The van der Waals surface area contributed by atoms with Crippen molar-refractivity contribution in [1.29, 1.82) is 0 Å². The number of nitrogens with zero attached hydrogens (tertiary/aromatic N) is 1. The molecule has 2 saturated heterocycles. The van der Waals surface area contributed by atoms with Gasteiger partial charge in [-0.3, -0.25) is 4.79 Å². The Kier molecular flexibility index (Phi) is 9.65. The number of rotatable bonds is 8. The van der Waals surface area contributed by atoms with E-state index < -0.39 is 33.6 Å². The van der Waals surface area contributed by atoms with Crippen molar-refractivity contribution in [2.75, 3.05) is 18.8 Å². The normalized spacial score (nSPS) is 29.2. The number of amides is 1. The lowest BCUT2D eigenvalue weighted by Gasteiger charge is -2.39. The number of halogens is 3. The number of nitrogens with two attached hydrogens (primary N) is 1. The van der Waals surface area contributed by atoms with Crippen LogP contribution in [0, 0.1) is 17.6 Å². The quantitative estimate of drug-likeness (QED) is 0.415. The zero-order valence-electron chi connectivity index (χ0n) is 23.1. The summed E-state index contributed by atoms with van der Waals surface area (Å²) in [6, 6.07) is 8.87. The van der Waals surface area contributed by atoms with Gasteiger partial charge in [-0.2, -0.15) is 4.31 Å². The Hall–Kier alpha value is -2.11. The van der Waals surface area contributed by atoms with Crippen molar-refractivity contribution < 1.29 is 22.0 Å². The zero-order chi connectivity index (χ0) is 29.1. The summed E-state index contributed by atoms with van der Waals surface area (Å²) in [6.07, 6.45) is 6.82. The van der Waals surface area contributed by atoms with Crippen LogP contribution < -0.4 is 16.4 Å². The molecule has 2 aromatic carbocycles. The van der Waals surface area contributed by atoms with Gasteiger partial charge in [-0.1, -0.05) is 36.6 Å². The van der Waals surface area contributed by atoms with Crippen LogP contribution in [-0.4, -0.2) is 61.6 Å². The number of fused-ring (bicyclic) bond motifs is 2. The lowest BCUT2D eigenvalue weighted by molar-refractivity contribution is -0.124. The van der Waals surface area contributed by atoms with E-state index >= 15 is 0 Å². The smallest absolute Gasteiger partial charge is 0.238 e. The van der Waals surface area contributed by atoms with Crippen molar-refractivity contribution in [3.8, 4) is 0 Å². The largest absolute Gasteiger partial charge is 0.352 e. The van der Waals surface area contributed by atoms with Gasteiger partial charge < -0.3 is 16.4 Å². The first kappa shape index (κ1) is 30.4. The maximum absolute atomic E-state index is 14.2. The molecule has 2 aliphatic heterocycles. The van der Waals surface area contributed by atoms with Gasteiger partial charge in [0.05, 0.1) is 11.8 Å². The van der Waals surface area contributed by atoms with Crippen molar-refractivity contribution in [2.45, 2.75) is 81.5 Å². The molecule has 3 fully saturated rings. The SMILES string of the molecule is NC(C(=O)N[C@H]1CCCC[C@@H]1CC[C@H]1CN[C@@H]2CCCS(=O)(=O)N1C2)C(c1ccc(Cl)cc1)c1cc(F)cc(F)c1. The van der Waals surface area contributed by atoms with Gasteiger partial charge in [-0.25, -0.2) is 17.2 Å². The van der Waals surface area contributed by atoms with E-state index in [1.807, 2.05) is 0 Å². The molecule has 1 amide bonds. The molecule has 1 aliphatic carbocycles. The van der Waals surface area contributed by atoms with E-state index in [1.165, 1.54) is 12.1 Å². The van der Waals surface area contributed by atoms with Crippen LogP contribution in [0.2, 0.25) is 5.02 Å². The molecule has 7 atom stereocenters. The summed E-state index contributed by atoms with van der Waals surface area (Å²) < 4.78 is 55.9. The number of benzene rings is 2. The summed E-state index contributed by atoms with van der Waals surface area (Å²) in [5.74, 6) is -2.26. The molecule has 3 unspecified atom stereocenters. The molecule has 1 saturated carbocycles. The maximum atomic E-state index is 14.2. The number of nitrogens with one attached hydrogen (secondary N) is 2. The first-order chi connectivity index (χ1) is 19.6. The van der Waals surface area contributed by atoms with Gasteiger partial charge in [-0.05, 0) is 79.8 Å². The molecule has 4 N–H and O–H groups in total. The average molecular weight is 609 g/mol. The van der Waals surface area contributed by atoms with Crippen LogP contribution in [0.4, 0.5) is 8.78 Å². The van der Waals surface area contributed by atoms with Crippen molar-refractivity contribution >= 4 is 27.5 Å². The van der Waals surface area contributed by atoms with Crippen LogP contribution in [-0.2, 0) is 14.8 Å². The fraction of sp³-hybridized carbons (Fsp3) is 0.567. The predicted molar refractivity (Wildman–Crippen MR) is 156 cm³/mol. The Morgan fingerprint density at radius 1 is 1.02 bits per heavy atom. The topological polar surface area (TPSA) is 105 Å². The summed E-state index contributed by atoms with van der Waals surface area (Å²) in [7, 11) is -3.26. The monoisotopic (exact) mass is 608 g/mol. The van der Waals surface area contributed by atoms with Crippen molar-refractivity contribution in [2.24, 2.45) is 11.7 Å². The van der Waals surface area contributed by atoms with E-state index in [2.05, 4.69) is 10.6 Å². The number of carbonyl (C=O) groups is 1. The summed E-state index contributed by atoms with van der Waals surface area (Å²) >= 11 is 6.07. The first-order valence-corrected chi connectivity index (χ1v) is 16.6. The molecule has 0 aromatic heterocycles. The Morgan fingerprint density at radius 2 is 1.73 bits per heavy atom. The molecule has 41 heavy (non-hydrogen) atoms. The molecule has 2 heterocycles. The van der Waals surface area contributed by atoms with E-state index in [4.69, 9.17) is 17.3 Å². The minimum Gasteiger partial charge on any atom is -0.352 e. The molecule has 0 spiro atoms. The van der Waals surface area contributed by atoms with E-state index in [-0.39, 0.29) is 41.3 Å². The third-order valence-electron chi connectivity index (χ3n) is 9.00. The highest BCUT2D eigenvalue weighted by Crippen LogP contribution is 2.33. The molecular formula is C30H39ClF2N4O3S. The third kappa shape index (κ3) is 7.28. The van der Waals surface area contributed by atoms with Gasteiger partial charge in [0.25, 0.3) is 0 Å². The fourth-order valence-corrected chi connectivity index (χ4v) is 8.79. The molecule has 5 rings (SSSR count). The van der Waals surface area contributed by atoms with Crippen molar-refractivity contribution in [1.82, 2.24) is 14.9 Å². The van der Waals surface area contributed by atoms with Crippen LogP contribution in [0.1, 0.15) is 68.4 Å². The molecule has 3 aliphatic rings. The van der Waals surface area contributed by atoms with Gasteiger partial charge in [0.1, 0.15) is 11.6 Å². The van der Waals surface area contributed by atoms with Crippen LogP contribution in [0.25, 0.3) is 0 Å². The molecular weight excluding hydrogens is 570 g/mol. The Bertz CT molecular complexity index is 1310. The molecule has 7 nitrogen and oxygen atoms in total. The average Bonchev–Trinajstić information content (AvgIpc) is 3.04. The molecule has 2 aromatic rings. The second-order valence-corrected chi connectivity index (χ2v) is 14.3. The maximum Gasteiger partial charge on any atom is 0.238 e. The Labute approximate surface area is 246 Å². The second-order valence-electron chi connectivity index (χ2n) is 11.8. The highest BCUT2D eigenvalue weighted by Gasteiger charge is 2.39. The van der Waals surface area contributed by atoms with Gasteiger partial charge >= 0.3 is 0 Å². The minimum atomic E-state index is -3.26. The summed E-state index contributed by atoms with van der Waals surface area (Å²) in [5.41, 5.74) is 7.45. The van der Waals surface area contributed by atoms with E-state index in [1.54, 1.807) is 28.6 Å².